The fraction of sp³-hybridized carbons (Fsp3) is 0.444. The summed E-state index contributed by atoms with van der Waals surface area (Å²) in [7, 11) is 2.98. The molecule has 0 aliphatic heterocycles. The van der Waals surface area contributed by atoms with Gasteiger partial charge in [0.25, 0.3) is 0 Å². The van der Waals surface area contributed by atoms with Crippen LogP contribution in [-0.4, -0.2) is 28.4 Å². The van der Waals surface area contributed by atoms with E-state index in [-0.39, 0.29) is 12.2 Å². The molecule has 5 nitrogen and oxygen atoms in total. The highest BCUT2D eigenvalue weighted by molar-refractivity contribution is 6.04. The summed E-state index contributed by atoms with van der Waals surface area (Å²) in [5, 5.41) is 0. The molecule has 0 saturated heterocycles. The number of esters is 1. The number of rotatable bonds is 3. The first kappa shape index (κ1) is 10.4. The number of ether oxygens (including phenoxy) is 1. The minimum Gasteiger partial charge on any atom is -0.469 e. The zero-order valence-electron chi connectivity index (χ0n) is 8.40. The molecule has 1 heterocycles. The molecule has 0 radical (unpaired) electrons. The van der Waals surface area contributed by atoms with Crippen molar-refractivity contribution in [2.45, 2.75) is 13.3 Å². The number of Topliss-reactive ketones (excluding diaryl/α,β-unsaturated/α-hetero) is 1. The Kier molecular flexibility index (Phi) is 3.01. The van der Waals surface area contributed by atoms with Crippen LogP contribution in [0.1, 0.15) is 22.7 Å². The number of nitrogens with zero attached hydrogens (tertiary/aromatic N) is 2. The van der Waals surface area contributed by atoms with Gasteiger partial charge in [-0.2, -0.15) is 0 Å². The Morgan fingerprint density at radius 2 is 2.21 bits per heavy atom. The zero-order valence-corrected chi connectivity index (χ0v) is 8.40. The third-order valence-electron chi connectivity index (χ3n) is 2.04. The predicted molar refractivity (Wildman–Crippen MR) is 48.9 cm³/mol. The second-order valence-electron chi connectivity index (χ2n) is 2.93. The number of hydrogen-bond acceptors (Lipinski definition) is 4. The number of aryl methyl sites for hydroxylation is 1. The monoisotopic (exact) mass is 196 g/mol. The molecule has 0 aromatic carbocycles. The van der Waals surface area contributed by atoms with Gasteiger partial charge in [-0.15, -0.1) is 0 Å². The summed E-state index contributed by atoms with van der Waals surface area (Å²) in [4.78, 5) is 26.3. The number of imidazole rings is 1. The summed E-state index contributed by atoms with van der Waals surface area (Å²) in [6.07, 6.45) is 1.22. The van der Waals surface area contributed by atoms with E-state index >= 15 is 0 Å². The lowest BCUT2D eigenvalue weighted by Gasteiger charge is -2.01. The summed E-state index contributed by atoms with van der Waals surface area (Å²) in [6.45, 7) is 1.79. The molecule has 1 aromatic heterocycles. The molecular formula is C9H12N2O3. The number of carbonyl (C=O) groups excluding carboxylic acids is 2. The van der Waals surface area contributed by atoms with Crippen LogP contribution in [0.15, 0.2) is 6.20 Å². The molecule has 0 spiro atoms. The lowest BCUT2D eigenvalue weighted by Crippen LogP contribution is -2.12. The van der Waals surface area contributed by atoms with Gasteiger partial charge >= 0.3 is 5.97 Å². The Hall–Kier alpha value is -1.65. The van der Waals surface area contributed by atoms with E-state index in [1.54, 1.807) is 18.5 Å². The van der Waals surface area contributed by atoms with Crippen molar-refractivity contribution in [2.24, 2.45) is 7.05 Å². The maximum atomic E-state index is 11.5. The molecule has 0 unspecified atom stereocenters. The molecule has 0 saturated carbocycles. The zero-order chi connectivity index (χ0) is 10.7. The summed E-state index contributed by atoms with van der Waals surface area (Å²) >= 11 is 0. The standard InChI is InChI=1S/C9H12N2O3/c1-6-10-5-7(11(6)2)8(12)4-9(13)14-3/h5H,4H2,1-3H3. The molecule has 0 aliphatic carbocycles. The van der Waals surface area contributed by atoms with Crippen molar-refractivity contribution < 1.29 is 14.3 Å². The fourth-order valence-corrected chi connectivity index (χ4v) is 1.05. The normalized spacial score (nSPS) is 9.93. The number of aromatic nitrogens is 2. The van der Waals surface area contributed by atoms with Crippen molar-refractivity contribution in [3.63, 3.8) is 0 Å². The smallest absolute Gasteiger partial charge is 0.313 e. The Balaban J connectivity index is 2.80. The Morgan fingerprint density at radius 3 is 2.64 bits per heavy atom. The van der Waals surface area contributed by atoms with Gasteiger partial charge in [0.05, 0.1) is 13.3 Å². The molecule has 14 heavy (non-hydrogen) atoms. The molecule has 0 aliphatic rings. The molecule has 0 atom stereocenters. The highest BCUT2D eigenvalue weighted by atomic mass is 16.5. The van der Waals surface area contributed by atoms with Crippen LogP contribution < -0.4 is 0 Å². The van der Waals surface area contributed by atoms with E-state index in [0.29, 0.717) is 5.69 Å². The van der Waals surface area contributed by atoms with E-state index in [1.807, 2.05) is 0 Å². The molecule has 1 rings (SSSR count). The fourth-order valence-electron chi connectivity index (χ4n) is 1.05. The molecule has 1 aromatic rings. The molecule has 0 amide bonds. The first-order valence-corrected chi connectivity index (χ1v) is 4.14. The van der Waals surface area contributed by atoms with Gasteiger partial charge in [-0.1, -0.05) is 0 Å². The molecular weight excluding hydrogens is 184 g/mol. The van der Waals surface area contributed by atoms with Gasteiger partial charge in [0.15, 0.2) is 5.78 Å². The first-order chi connectivity index (χ1) is 6.56. The first-order valence-electron chi connectivity index (χ1n) is 4.14. The molecule has 0 N–H and O–H groups in total. The summed E-state index contributed by atoms with van der Waals surface area (Å²) in [5.74, 6) is -0.0768. The van der Waals surface area contributed by atoms with E-state index in [1.165, 1.54) is 13.3 Å². The van der Waals surface area contributed by atoms with Gasteiger partial charge in [0, 0.05) is 7.05 Å². The quantitative estimate of drug-likeness (QED) is 0.400. The predicted octanol–water partition coefficient (Wildman–Crippen LogP) is 0.474. The second kappa shape index (κ2) is 4.04. The molecule has 76 valence electrons. The Labute approximate surface area is 81.7 Å². The van der Waals surface area contributed by atoms with Crippen LogP contribution in [0.3, 0.4) is 0 Å². The van der Waals surface area contributed by atoms with E-state index in [0.717, 1.165) is 5.82 Å². The molecule has 0 fully saturated rings. The van der Waals surface area contributed by atoms with Gasteiger partial charge in [-0.25, -0.2) is 4.98 Å². The Morgan fingerprint density at radius 1 is 1.57 bits per heavy atom. The molecule has 5 heteroatoms. The summed E-state index contributed by atoms with van der Waals surface area (Å²) in [6, 6.07) is 0. The van der Waals surface area contributed by atoms with Crippen LogP contribution in [0.2, 0.25) is 0 Å². The highest BCUT2D eigenvalue weighted by Crippen LogP contribution is 2.05. The second-order valence-corrected chi connectivity index (χ2v) is 2.93. The summed E-state index contributed by atoms with van der Waals surface area (Å²) in [5.41, 5.74) is 0.424. The molecule has 0 bridgehead atoms. The van der Waals surface area contributed by atoms with Crippen molar-refractivity contribution in [3.8, 4) is 0 Å². The maximum Gasteiger partial charge on any atom is 0.313 e. The minimum absolute atomic E-state index is 0.241. The maximum absolute atomic E-state index is 11.5. The van der Waals surface area contributed by atoms with Crippen molar-refractivity contribution in [1.29, 1.82) is 0 Å². The lowest BCUT2D eigenvalue weighted by molar-refractivity contribution is -0.139. The number of hydrogen-bond donors (Lipinski definition) is 0. The van der Waals surface area contributed by atoms with Gasteiger partial charge in [0.2, 0.25) is 0 Å². The number of ketones is 1. The van der Waals surface area contributed by atoms with Crippen LogP contribution >= 0.6 is 0 Å². The van der Waals surface area contributed by atoms with Crippen molar-refractivity contribution in [1.82, 2.24) is 9.55 Å². The van der Waals surface area contributed by atoms with Crippen LogP contribution in [0.25, 0.3) is 0 Å². The topological polar surface area (TPSA) is 61.2 Å². The number of methoxy groups -OCH3 is 1. The van der Waals surface area contributed by atoms with Crippen LogP contribution in [0.5, 0.6) is 0 Å². The average Bonchev–Trinajstić information content (AvgIpc) is 2.47. The minimum atomic E-state index is -0.533. The van der Waals surface area contributed by atoms with E-state index in [4.69, 9.17) is 0 Å². The lowest BCUT2D eigenvalue weighted by atomic mass is 10.2. The van der Waals surface area contributed by atoms with Crippen molar-refractivity contribution >= 4 is 11.8 Å². The van der Waals surface area contributed by atoms with Crippen LogP contribution in [0, 0.1) is 6.92 Å². The largest absolute Gasteiger partial charge is 0.469 e. The van der Waals surface area contributed by atoms with E-state index < -0.39 is 5.97 Å². The third kappa shape index (κ3) is 1.99. The SMILES string of the molecule is COC(=O)CC(=O)c1cnc(C)n1C. The van der Waals surface area contributed by atoms with Gasteiger partial charge < -0.3 is 9.30 Å². The van der Waals surface area contributed by atoms with Crippen molar-refractivity contribution in [3.05, 3.63) is 17.7 Å². The van der Waals surface area contributed by atoms with Gasteiger partial charge in [-0.3, -0.25) is 9.59 Å². The Bertz CT molecular complexity index is 368. The van der Waals surface area contributed by atoms with Crippen LogP contribution in [-0.2, 0) is 16.6 Å². The third-order valence-corrected chi connectivity index (χ3v) is 2.04. The highest BCUT2D eigenvalue weighted by Gasteiger charge is 2.15. The van der Waals surface area contributed by atoms with Crippen molar-refractivity contribution in [2.75, 3.05) is 7.11 Å². The number of carbonyl (C=O) groups is 2. The van der Waals surface area contributed by atoms with E-state index in [9.17, 15) is 9.59 Å². The van der Waals surface area contributed by atoms with Crippen LogP contribution in [0.4, 0.5) is 0 Å². The summed E-state index contributed by atoms with van der Waals surface area (Å²) < 4.78 is 6.04. The van der Waals surface area contributed by atoms with E-state index in [2.05, 4.69) is 9.72 Å². The van der Waals surface area contributed by atoms with Gasteiger partial charge in [-0.05, 0) is 6.92 Å². The van der Waals surface area contributed by atoms with Gasteiger partial charge in [0.1, 0.15) is 17.9 Å². The average molecular weight is 196 g/mol.